The second kappa shape index (κ2) is 6.12. The molecule has 2 aromatic carbocycles. The summed E-state index contributed by atoms with van der Waals surface area (Å²) in [6.45, 7) is 7.02. The molecule has 0 aliphatic rings. The van der Waals surface area contributed by atoms with Crippen LogP contribution in [0.2, 0.25) is 0 Å². The highest BCUT2D eigenvalue weighted by molar-refractivity contribution is 7.92. The molecule has 2 rings (SSSR count). The van der Waals surface area contributed by atoms with E-state index in [-0.39, 0.29) is 11.1 Å². The molecule has 0 fully saturated rings. The van der Waals surface area contributed by atoms with E-state index in [0.717, 1.165) is 12.1 Å². The highest BCUT2D eigenvalue weighted by atomic mass is 32.2. The van der Waals surface area contributed by atoms with Crippen molar-refractivity contribution in [3.8, 4) is 11.1 Å². The SMILES string of the molecule is Cc1ccc(S(=O)(=O)C(F)(F)F)cc1-c1cccc(C(C)(C)C)c1F. The normalized spacial score (nSPS) is 13.1. The van der Waals surface area contributed by atoms with E-state index in [0.29, 0.717) is 11.1 Å². The smallest absolute Gasteiger partial charge is 0.214 e. The third kappa shape index (κ3) is 3.56. The Labute approximate surface area is 144 Å². The van der Waals surface area contributed by atoms with Crippen LogP contribution >= 0.6 is 0 Å². The Morgan fingerprint density at radius 3 is 2.04 bits per heavy atom. The van der Waals surface area contributed by atoms with Crippen LogP contribution in [0.4, 0.5) is 17.6 Å². The van der Waals surface area contributed by atoms with E-state index in [2.05, 4.69) is 0 Å². The molecular weight excluding hydrogens is 356 g/mol. The average Bonchev–Trinajstić information content (AvgIpc) is 2.45. The molecule has 0 N–H and O–H groups in total. The lowest BCUT2D eigenvalue weighted by Gasteiger charge is -2.22. The van der Waals surface area contributed by atoms with Gasteiger partial charge >= 0.3 is 5.51 Å². The fourth-order valence-corrected chi connectivity index (χ4v) is 3.30. The maximum Gasteiger partial charge on any atom is 0.501 e. The fourth-order valence-electron chi connectivity index (χ4n) is 2.51. The van der Waals surface area contributed by atoms with Crippen LogP contribution in [0.15, 0.2) is 41.3 Å². The summed E-state index contributed by atoms with van der Waals surface area (Å²) in [7, 11) is -5.50. The van der Waals surface area contributed by atoms with Crippen LogP contribution in [0.5, 0.6) is 0 Å². The number of benzene rings is 2. The van der Waals surface area contributed by atoms with E-state index in [1.807, 2.05) is 20.8 Å². The molecule has 0 heterocycles. The summed E-state index contributed by atoms with van der Waals surface area (Å²) in [5.74, 6) is -0.570. The largest absolute Gasteiger partial charge is 0.501 e. The van der Waals surface area contributed by atoms with Crippen molar-refractivity contribution in [1.29, 1.82) is 0 Å². The van der Waals surface area contributed by atoms with E-state index >= 15 is 0 Å². The Bertz CT molecular complexity index is 908. The predicted octanol–water partition coefficient (Wildman–Crippen LogP) is 5.39. The molecular formula is C18H18F4O2S. The van der Waals surface area contributed by atoms with Crippen molar-refractivity contribution < 1.29 is 26.0 Å². The van der Waals surface area contributed by atoms with E-state index < -0.39 is 31.5 Å². The summed E-state index contributed by atoms with van der Waals surface area (Å²) in [4.78, 5) is -0.902. The van der Waals surface area contributed by atoms with E-state index in [9.17, 15) is 26.0 Å². The Balaban J connectivity index is 2.73. The van der Waals surface area contributed by atoms with E-state index in [4.69, 9.17) is 0 Å². The van der Waals surface area contributed by atoms with Crippen molar-refractivity contribution in [2.75, 3.05) is 0 Å². The fraction of sp³-hybridized carbons (Fsp3) is 0.333. The van der Waals surface area contributed by atoms with Gasteiger partial charge in [-0.05, 0) is 41.2 Å². The molecule has 136 valence electrons. The van der Waals surface area contributed by atoms with Crippen LogP contribution in [-0.2, 0) is 15.3 Å². The van der Waals surface area contributed by atoms with Crippen LogP contribution in [0.3, 0.4) is 0 Å². The summed E-state index contributed by atoms with van der Waals surface area (Å²) in [5, 5.41) is 0. The van der Waals surface area contributed by atoms with Crippen LogP contribution < -0.4 is 0 Å². The number of hydrogen-bond acceptors (Lipinski definition) is 2. The lowest BCUT2D eigenvalue weighted by atomic mass is 9.84. The van der Waals surface area contributed by atoms with E-state index in [1.54, 1.807) is 19.1 Å². The van der Waals surface area contributed by atoms with Gasteiger partial charge in [-0.3, -0.25) is 0 Å². The molecule has 0 saturated carbocycles. The molecule has 2 aromatic rings. The van der Waals surface area contributed by atoms with Gasteiger partial charge in [-0.25, -0.2) is 12.8 Å². The Hall–Kier alpha value is -1.89. The van der Waals surface area contributed by atoms with Gasteiger partial charge in [0.2, 0.25) is 0 Å². The van der Waals surface area contributed by atoms with Gasteiger partial charge in [0.1, 0.15) is 5.82 Å². The van der Waals surface area contributed by atoms with Crippen LogP contribution in [0.25, 0.3) is 11.1 Å². The highest BCUT2D eigenvalue weighted by Gasteiger charge is 2.47. The molecule has 0 aliphatic carbocycles. The van der Waals surface area contributed by atoms with Crippen LogP contribution in [0, 0.1) is 12.7 Å². The first-order chi connectivity index (χ1) is 11.3. The second-order valence-electron chi connectivity index (χ2n) is 6.84. The first kappa shape index (κ1) is 19.4. The lowest BCUT2D eigenvalue weighted by Crippen LogP contribution is -2.23. The summed E-state index contributed by atoms with van der Waals surface area (Å²) in [6.07, 6.45) is 0. The number of rotatable bonds is 2. The molecule has 0 radical (unpaired) electrons. The van der Waals surface area contributed by atoms with Crippen molar-refractivity contribution in [2.45, 2.75) is 43.5 Å². The molecule has 0 saturated heterocycles. The summed E-state index contributed by atoms with van der Waals surface area (Å²) in [5.41, 5.74) is -4.85. The minimum atomic E-state index is -5.50. The average molecular weight is 374 g/mol. The number of aryl methyl sites for hydroxylation is 1. The molecule has 0 atom stereocenters. The topological polar surface area (TPSA) is 34.1 Å². The van der Waals surface area contributed by atoms with Gasteiger partial charge in [-0.1, -0.05) is 45.0 Å². The molecule has 0 aliphatic heterocycles. The van der Waals surface area contributed by atoms with E-state index in [1.165, 1.54) is 12.1 Å². The van der Waals surface area contributed by atoms with Crippen LogP contribution in [0.1, 0.15) is 31.9 Å². The quantitative estimate of drug-likeness (QED) is 0.660. The number of sulfone groups is 1. The lowest BCUT2D eigenvalue weighted by molar-refractivity contribution is -0.0436. The third-order valence-electron chi connectivity index (χ3n) is 3.92. The Morgan fingerprint density at radius 1 is 0.920 bits per heavy atom. The maximum atomic E-state index is 14.9. The first-order valence-electron chi connectivity index (χ1n) is 7.48. The van der Waals surface area contributed by atoms with Crippen molar-refractivity contribution in [2.24, 2.45) is 0 Å². The Kier molecular flexibility index (Phi) is 4.76. The van der Waals surface area contributed by atoms with Gasteiger partial charge in [0.15, 0.2) is 0 Å². The monoisotopic (exact) mass is 374 g/mol. The van der Waals surface area contributed by atoms with Crippen molar-refractivity contribution in [3.05, 3.63) is 53.3 Å². The van der Waals surface area contributed by atoms with Gasteiger partial charge in [-0.15, -0.1) is 0 Å². The zero-order valence-electron chi connectivity index (χ0n) is 14.2. The predicted molar refractivity (Wildman–Crippen MR) is 88.5 cm³/mol. The molecule has 7 heteroatoms. The number of hydrogen-bond donors (Lipinski definition) is 0. The minimum absolute atomic E-state index is 0.0733. The summed E-state index contributed by atoms with van der Waals surface area (Å²) >= 11 is 0. The maximum absolute atomic E-state index is 14.9. The molecule has 0 unspecified atom stereocenters. The molecule has 0 amide bonds. The van der Waals surface area contributed by atoms with Gasteiger partial charge < -0.3 is 0 Å². The Morgan fingerprint density at radius 2 is 1.52 bits per heavy atom. The minimum Gasteiger partial charge on any atom is -0.214 e. The first-order valence-corrected chi connectivity index (χ1v) is 8.96. The van der Waals surface area contributed by atoms with Gasteiger partial charge in [0.05, 0.1) is 4.90 Å². The van der Waals surface area contributed by atoms with Gasteiger partial charge in [0, 0.05) is 5.56 Å². The van der Waals surface area contributed by atoms with Gasteiger partial charge in [0.25, 0.3) is 9.84 Å². The standard InChI is InChI=1S/C18H18F4O2S/c1-11-8-9-12(25(23,24)18(20,21)22)10-14(11)13-6-5-7-15(16(13)19)17(2,3)4/h5-10H,1-4H3. The molecule has 0 aromatic heterocycles. The molecule has 0 spiro atoms. The third-order valence-corrected chi connectivity index (χ3v) is 5.40. The summed E-state index contributed by atoms with van der Waals surface area (Å²) in [6, 6.07) is 7.64. The second-order valence-corrected chi connectivity index (χ2v) is 8.78. The zero-order valence-corrected chi connectivity index (χ0v) is 15.0. The van der Waals surface area contributed by atoms with Crippen molar-refractivity contribution in [3.63, 3.8) is 0 Å². The summed E-state index contributed by atoms with van der Waals surface area (Å²) < 4.78 is 76.6. The van der Waals surface area contributed by atoms with Gasteiger partial charge in [-0.2, -0.15) is 13.2 Å². The van der Waals surface area contributed by atoms with Crippen molar-refractivity contribution >= 4 is 9.84 Å². The number of halogens is 4. The molecule has 25 heavy (non-hydrogen) atoms. The van der Waals surface area contributed by atoms with Crippen molar-refractivity contribution in [1.82, 2.24) is 0 Å². The van der Waals surface area contributed by atoms with Crippen LogP contribution in [-0.4, -0.2) is 13.9 Å². The zero-order chi connectivity index (χ0) is 19.2. The number of alkyl halides is 3. The molecule has 0 bridgehead atoms. The highest BCUT2D eigenvalue weighted by Crippen LogP contribution is 2.36. The molecule has 2 nitrogen and oxygen atoms in total.